The summed E-state index contributed by atoms with van der Waals surface area (Å²) in [6.07, 6.45) is 14.6. The Hall–Kier alpha value is -1.12. The van der Waals surface area contributed by atoms with Crippen molar-refractivity contribution in [3.05, 3.63) is 0 Å². The van der Waals surface area contributed by atoms with Crippen molar-refractivity contribution in [1.29, 1.82) is 0 Å². The monoisotopic (exact) mass is 586 g/mol. The van der Waals surface area contributed by atoms with Crippen molar-refractivity contribution in [3.8, 4) is 0 Å². The van der Waals surface area contributed by atoms with Gasteiger partial charge in [-0.2, -0.15) is 0 Å². The van der Waals surface area contributed by atoms with Gasteiger partial charge in [0, 0.05) is 0 Å². The molecule has 7 nitrogen and oxygen atoms in total. The van der Waals surface area contributed by atoms with Gasteiger partial charge in [-0.3, -0.25) is 0 Å². The third kappa shape index (κ3) is 11.6. The molecule has 0 aliphatic carbocycles. The Morgan fingerprint density at radius 1 is 0.825 bits per heavy atom. The molecule has 1 heterocycles. The molecular weight excluding hydrogens is 524 g/mol. The molecule has 0 aromatic rings. The van der Waals surface area contributed by atoms with Crippen molar-refractivity contribution in [3.63, 3.8) is 0 Å². The largest absolute Gasteiger partial charge is 0.508 e. The molecule has 0 radical (unpaired) electrons. The summed E-state index contributed by atoms with van der Waals surface area (Å²) in [6, 6.07) is 0. The number of carbonyl (C=O) groups is 2. The van der Waals surface area contributed by atoms with Crippen molar-refractivity contribution in [2.24, 2.45) is 0 Å². The van der Waals surface area contributed by atoms with Crippen LogP contribution in [0.2, 0.25) is 16.6 Å². The highest BCUT2D eigenvalue weighted by atomic mass is 28.4. The van der Waals surface area contributed by atoms with Gasteiger partial charge in [0.1, 0.15) is 0 Å². The summed E-state index contributed by atoms with van der Waals surface area (Å²) in [5.41, 5.74) is -0.904. The number of aliphatic hydroxyl groups is 1. The molecule has 1 N–H and O–H groups in total. The minimum atomic E-state index is -2.23. The van der Waals surface area contributed by atoms with Gasteiger partial charge in [0.25, 0.3) is 0 Å². The summed E-state index contributed by atoms with van der Waals surface area (Å²) in [7, 11) is -2.23. The molecule has 1 aliphatic heterocycles. The summed E-state index contributed by atoms with van der Waals surface area (Å²) in [6.45, 7) is 16.9. The van der Waals surface area contributed by atoms with Crippen molar-refractivity contribution >= 4 is 20.4 Å². The first kappa shape index (κ1) is 36.9. The molecule has 40 heavy (non-hydrogen) atoms. The van der Waals surface area contributed by atoms with E-state index in [0.29, 0.717) is 16.6 Å². The summed E-state index contributed by atoms with van der Waals surface area (Å²) >= 11 is 0. The third-order valence-electron chi connectivity index (χ3n) is 8.71. The number of rotatable bonds is 22. The van der Waals surface area contributed by atoms with Crippen molar-refractivity contribution in [1.82, 2.24) is 0 Å². The smallest absolute Gasteiger partial charge is 0.454 e. The second-order valence-electron chi connectivity index (χ2n) is 13.0. The molecule has 0 spiro atoms. The zero-order valence-corrected chi connectivity index (χ0v) is 28.1. The van der Waals surface area contributed by atoms with Gasteiger partial charge < -0.3 is 23.7 Å². The normalized spacial score (nSPS) is 21.4. The zero-order chi connectivity index (χ0) is 30.2. The van der Waals surface area contributed by atoms with Gasteiger partial charge >= 0.3 is 12.1 Å². The number of cyclic esters (lactones) is 1. The van der Waals surface area contributed by atoms with Crippen LogP contribution in [0.1, 0.15) is 145 Å². The maximum atomic E-state index is 12.4. The van der Waals surface area contributed by atoms with E-state index in [9.17, 15) is 14.7 Å². The molecule has 1 rings (SSSR count). The highest BCUT2D eigenvalue weighted by molar-refractivity contribution is 6.77. The molecule has 0 aromatic carbocycles. The van der Waals surface area contributed by atoms with Crippen LogP contribution in [0.25, 0.3) is 0 Å². The lowest BCUT2D eigenvalue weighted by Gasteiger charge is -2.42. The topological polar surface area (TPSA) is 91.3 Å². The molecule has 1 fully saturated rings. The van der Waals surface area contributed by atoms with E-state index >= 15 is 0 Å². The summed E-state index contributed by atoms with van der Waals surface area (Å²) in [5, 5.41) is 10.8. The second kappa shape index (κ2) is 19.1. The summed E-state index contributed by atoms with van der Waals surface area (Å²) in [4.78, 5) is 24.8. The van der Waals surface area contributed by atoms with Crippen molar-refractivity contribution < 1.29 is 33.3 Å². The molecule has 0 unspecified atom stereocenters. The first-order valence-electron chi connectivity index (χ1n) is 16.3. The fraction of sp³-hybridized carbons (Fsp3) is 0.938. The molecule has 0 saturated carbocycles. The van der Waals surface area contributed by atoms with Crippen LogP contribution in [-0.4, -0.2) is 56.6 Å². The van der Waals surface area contributed by atoms with Crippen LogP contribution in [-0.2, 0) is 23.4 Å². The van der Waals surface area contributed by atoms with Gasteiger partial charge in [0.15, 0.2) is 17.8 Å². The highest BCUT2D eigenvalue weighted by Crippen LogP contribution is 2.43. The first-order valence-corrected chi connectivity index (χ1v) is 18.5. The predicted octanol–water partition coefficient (Wildman–Crippen LogP) is 8.86. The standard InChI is InChI=1S/C32H62O7Si/c1-9-10-11-12-13-14-15-16-17-18-19-20-21-22-23-36-31(34)39-29-28(38-30(33)32(29,8)35)24-37-40(25(2)3,26(4)5)27(6)7/h25-29,35H,9-24H2,1-8H3/t28-,29-,32+/m1/s1. The average molecular weight is 587 g/mol. The molecule has 236 valence electrons. The molecule has 1 aliphatic rings. The number of unbranched alkanes of at least 4 members (excludes halogenated alkanes) is 13. The quantitative estimate of drug-likeness (QED) is 0.0769. The Morgan fingerprint density at radius 2 is 1.25 bits per heavy atom. The fourth-order valence-electron chi connectivity index (χ4n) is 6.43. The Labute approximate surface area is 246 Å². The number of ether oxygens (including phenoxy) is 3. The van der Waals surface area contributed by atoms with Crippen LogP contribution in [0.3, 0.4) is 0 Å². The van der Waals surface area contributed by atoms with E-state index in [1.54, 1.807) is 0 Å². The minimum absolute atomic E-state index is 0.0829. The van der Waals surface area contributed by atoms with Crippen molar-refractivity contribution in [2.75, 3.05) is 13.2 Å². The van der Waals surface area contributed by atoms with Crippen LogP contribution in [0.5, 0.6) is 0 Å². The van der Waals surface area contributed by atoms with Gasteiger partial charge in [0.05, 0.1) is 13.2 Å². The minimum Gasteiger partial charge on any atom is -0.454 e. The maximum Gasteiger partial charge on any atom is 0.508 e. The Kier molecular flexibility index (Phi) is 17.7. The van der Waals surface area contributed by atoms with Crippen LogP contribution in [0.15, 0.2) is 0 Å². The first-order chi connectivity index (χ1) is 18.9. The van der Waals surface area contributed by atoms with Crippen molar-refractivity contribution in [2.45, 2.75) is 180 Å². The Balaban J connectivity index is 2.34. The van der Waals surface area contributed by atoms with Gasteiger partial charge in [0.2, 0.25) is 8.32 Å². The van der Waals surface area contributed by atoms with E-state index in [-0.39, 0.29) is 13.2 Å². The maximum absolute atomic E-state index is 12.4. The van der Waals surface area contributed by atoms with Gasteiger partial charge in [-0.05, 0) is 30.0 Å². The third-order valence-corrected chi connectivity index (χ3v) is 14.8. The molecule has 8 heteroatoms. The van der Waals surface area contributed by atoms with E-state index in [1.807, 2.05) is 0 Å². The van der Waals surface area contributed by atoms with Gasteiger partial charge in [-0.25, -0.2) is 9.59 Å². The number of esters is 1. The summed E-state index contributed by atoms with van der Waals surface area (Å²) in [5.74, 6) is -0.809. The highest BCUT2D eigenvalue weighted by Gasteiger charge is 2.57. The molecule has 0 bridgehead atoms. The average Bonchev–Trinajstić information content (AvgIpc) is 3.08. The number of hydrogen-bond acceptors (Lipinski definition) is 7. The van der Waals surface area contributed by atoms with Gasteiger partial charge in [-0.15, -0.1) is 0 Å². The molecule has 1 saturated heterocycles. The second-order valence-corrected chi connectivity index (χ2v) is 18.4. The van der Waals surface area contributed by atoms with E-state index in [1.165, 1.54) is 77.6 Å². The molecular formula is C32H62O7Si. The van der Waals surface area contributed by atoms with E-state index in [2.05, 4.69) is 48.5 Å². The predicted molar refractivity (Wildman–Crippen MR) is 164 cm³/mol. The summed E-state index contributed by atoms with van der Waals surface area (Å²) < 4.78 is 22.7. The number of carbonyl (C=O) groups excluding carboxylic acids is 2. The van der Waals surface area contributed by atoms with Crippen LogP contribution in [0.4, 0.5) is 4.79 Å². The Morgan fingerprint density at radius 3 is 1.68 bits per heavy atom. The zero-order valence-electron chi connectivity index (χ0n) is 27.1. The fourth-order valence-corrected chi connectivity index (χ4v) is 11.9. The van der Waals surface area contributed by atoms with Crippen LogP contribution < -0.4 is 0 Å². The van der Waals surface area contributed by atoms with Crippen LogP contribution >= 0.6 is 0 Å². The molecule has 3 atom stereocenters. The number of hydrogen-bond donors (Lipinski definition) is 1. The lowest BCUT2D eigenvalue weighted by molar-refractivity contribution is -0.155. The lowest BCUT2D eigenvalue weighted by atomic mass is 9.98. The van der Waals surface area contributed by atoms with E-state index in [0.717, 1.165) is 19.3 Å². The van der Waals surface area contributed by atoms with Crippen LogP contribution in [0, 0.1) is 0 Å². The lowest BCUT2D eigenvalue weighted by Crippen LogP contribution is -2.52. The Bertz CT molecular complexity index is 686. The SMILES string of the molecule is CCCCCCCCCCCCCCCCOC(=O)O[C@@H]1[C@@H](CO[Si](C(C)C)(C(C)C)C(C)C)OC(=O)[C@@]1(C)O. The van der Waals surface area contributed by atoms with E-state index in [4.69, 9.17) is 18.6 Å². The van der Waals surface area contributed by atoms with Gasteiger partial charge in [-0.1, -0.05) is 132 Å². The molecule has 0 aromatic heterocycles. The molecule has 0 amide bonds. The van der Waals surface area contributed by atoms with E-state index < -0.39 is 38.3 Å².